The van der Waals surface area contributed by atoms with Gasteiger partial charge >= 0.3 is 0 Å². The van der Waals surface area contributed by atoms with Gasteiger partial charge in [0.2, 0.25) is 0 Å². The molecule has 0 spiro atoms. The Morgan fingerprint density at radius 3 is 2.62 bits per heavy atom. The molecule has 1 aromatic heterocycles. The Morgan fingerprint density at radius 1 is 1.25 bits per heavy atom. The average molecular weight is 326 g/mol. The highest BCUT2D eigenvalue weighted by Gasteiger charge is 2.30. The summed E-state index contributed by atoms with van der Waals surface area (Å²) in [4.78, 5) is 15.2. The fourth-order valence-electron chi connectivity index (χ4n) is 3.44. The summed E-state index contributed by atoms with van der Waals surface area (Å²) in [5.74, 6) is 0.873. The van der Waals surface area contributed by atoms with Gasteiger partial charge in [-0.05, 0) is 50.4 Å². The van der Waals surface area contributed by atoms with Gasteiger partial charge in [-0.15, -0.1) is 0 Å². The highest BCUT2D eigenvalue weighted by Crippen LogP contribution is 2.25. The molecule has 1 fully saturated rings. The molecular weight excluding hydrogens is 300 g/mol. The van der Waals surface area contributed by atoms with Crippen LogP contribution in [0.4, 0.5) is 0 Å². The zero-order chi connectivity index (χ0) is 16.8. The zero-order valence-electron chi connectivity index (χ0n) is 14.3. The number of amides is 1. The van der Waals surface area contributed by atoms with Crippen LogP contribution in [0.2, 0.25) is 0 Å². The molecule has 1 saturated heterocycles. The molecule has 1 aliphatic heterocycles. The molecule has 1 N–H and O–H groups in total. The summed E-state index contributed by atoms with van der Waals surface area (Å²) in [5.41, 5.74) is 0.989. The second-order valence-electron chi connectivity index (χ2n) is 6.46. The number of carbonyl (C=O) groups excluding carboxylic acids is 1. The first-order chi connectivity index (χ1) is 11.8. The normalized spacial score (nSPS) is 17.0. The molecule has 24 heavy (non-hydrogen) atoms. The first kappa shape index (κ1) is 16.7. The number of aromatic nitrogens is 2. The lowest BCUT2D eigenvalue weighted by molar-refractivity contribution is -0.135. The van der Waals surface area contributed by atoms with Crippen molar-refractivity contribution >= 4 is 5.91 Å². The molecule has 0 radical (unpaired) electrons. The number of benzene rings is 1. The van der Waals surface area contributed by atoms with Gasteiger partial charge in [-0.1, -0.05) is 30.3 Å². The summed E-state index contributed by atoms with van der Waals surface area (Å²) >= 11 is 0. The molecule has 128 valence electrons. The molecule has 5 heteroatoms. The van der Waals surface area contributed by atoms with E-state index in [4.69, 9.17) is 0 Å². The summed E-state index contributed by atoms with van der Waals surface area (Å²) in [6.45, 7) is 2.74. The minimum Gasteiger partial charge on any atom is -0.341 e. The van der Waals surface area contributed by atoms with Gasteiger partial charge in [0.05, 0.1) is 0 Å². The number of hydrogen-bond donors (Lipinski definition) is 1. The van der Waals surface area contributed by atoms with Crippen molar-refractivity contribution in [1.29, 1.82) is 0 Å². The molecule has 1 amide bonds. The smallest absolute Gasteiger partial charge is 0.252 e. The monoisotopic (exact) mass is 326 g/mol. The van der Waals surface area contributed by atoms with Crippen LogP contribution < -0.4 is 5.32 Å². The molecule has 0 bridgehead atoms. The van der Waals surface area contributed by atoms with E-state index in [0.717, 1.165) is 44.0 Å². The Balaban J connectivity index is 1.71. The van der Waals surface area contributed by atoms with Crippen LogP contribution in [0.15, 0.2) is 48.8 Å². The maximum atomic E-state index is 13.2. The van der Waals surface area contributed by atoms with Crippen LogP contribution in [0.25, 0.3) is 0 Å². The van der Waals surface area contributed by atoms with Gasteiger partial charge in [-0.25, -0.2) is 0 Å². The summed E-state index contributed by atoms with van der Waals surface area (Å²) in [6.07, 6.45) is 6.98. The summed E-state index contributed by atoms with van der Waals surface area (Å²) in [6, 6.07) is 11.4. The number of piperidine rings is 1. The van der Waals surface area contributed by atoms with E-state index in [0.29, 0.717) is 0 Å². The second-order valence-corrected chi connectivity index (χ2v) is 6.46. The van der Waals surface area contributed by atoms with Gasteiger partial charge in [0.1, 0.15) is 0 Å². The van der Waals surface area contributed by atoms with Crippen molar-refractivity contribution in [2.45, 2.75) is 25.3 Å². The van der Waals surface area contributed by atoms with Crippen molar-refractivity contribution in [1.82, 2.24) is 20.0 Å². The predicted molar refractivity (Wildman–Crippen MR) is 94.7 cm³/mol. The molecule has 2 heterocycles. The van der Waals surface area contributed by atoms with Gasteiger partial charge in [0.25, 0.3) is 5.91 Å². The molecule has 1 unspecified atom stereocenters. The van der Waals surface area contributed by atoms with Gasteiger partial charge in [0, 0.05) is 25.5 Å². The first-order valence-corrected chi connectivity index (χ1v) is 8.77. The largest absolute Gasteiger partial charge is 0.341 e. The van der Waals surface area contributed by atoms with Crippen LogP contribution in [-0.2, 0) is 4.79 Å². The van der Waals surface area contributed by atoms with E-state index in [1.807, 2.05) is 54.5 Å². The standard InChI is InChI=1S/C19H26N4O/c1-20-12-8-16-9-14-22(15-10-16)19(24)18(23-13-5-11-21-23)17-6-3-2-4-7-17/h2-7,11,13,16,18,20H,8-10,12,14-15H2,1H3. The number of likely N-dealkylation sites (tertiary alicyclic amines) is 1. The van der Waals surface area contributed by atoms with E-state index in [2.05, 4.69) is 10.4 Å². The molecule has 5 nitrogen and oxygen atoms in total. The topological polar surface area (TPSA) is 50.2 Å². The number of nitrogens with one attached hydrogen (secondary N) is 1. The third-order valence-electron chi connectivity index (χ3n) is 4.87. The molecular formula is C19H26N4O. The number of rotatable bonds is 6. The van der Waals surface area contributed by atoms with E-state index in [1.54, 1.807) is 10.9 Å². The van der Waals surface area contributed by atoms with Crippen LogP contribution in [0.1, 0.15) is 30.9 Å². The minimum atomic E-state index is -0.366. The Kier molecular flexibility index (Phi) is 5.64. The lowest BCUT2D eigenvalue weighted by Gasteiger charge is -2.34. The van der Waals surface area contributed by atoms with Crippen molar-refractivity contribution in [2.24, 2.45) is 5.92 Å². The maximum absolute atomic E-state index is 13.2. The molecule has 3 rings (SSSR count). The second kappa shape index (κ2) is 8.11. The van der Waals surface area contributed by atoms with E-state index >= 15 is 0 Å². The average Bonchev–Trinajstić information content (AvgIpc) is 3.15. The van der Waals surface area contributed by atoms with Crippen LogP contribution >= 0.6 is 0 Å². The summed E-state index contributed by atoms with van der Waals surface area (Å²) in [5, 5.41) is 7.54. The molecule has 0 saturated carbocycles. The minimum absolute atomic E-state index is 0.150. The highest BCUT2D eigenvalue weighted by molar-refractivity contribution is 5.83. The Bertz CT molecular complexity index is 618. The highest BCUT2D eigenvalue weighted by atomic mass is 16.2. The van der Waals surface area contributed by atoms with Gasteiger partial charge < -0.3 is 10.2 Å². The lowest BCUT2D eigenvalue weighted by Crippen LogP contribution is -2.43. The Morgan fingerprint density at radius 2 is 2.00 bits per heavy atom. The number of hydrogen-bond acceptors (Lipinski definition) is 3. The molecule has 1 atom stereocenters. The lowest BCUT2D eigenvalue weighted by atomic mass is 9.93. The third-order valence-corrected chi connectivity index (χ3v) is 4.87. The first-order valence-electron chi connectivity index (χ1n) is 8.77. The van der Waals surface area contributed by atoms with Gasteiger partial charge in [-0.3, -0.25) is 9.48 Å². The maximum Gasteiger partial charge on any atom is 0.252 e. The van der Waals surface area contributed by atoms with Crippen LogP contribution in [0.3, 0.4) is 0 Å². The molecule has 2 aromatic rings. The third kappa shape index (κ3) is 3.85. The van der Waals surface area contributed by atoms with Crippen molar-refractivity contribution in [3.8, 4) is 0 Å². The van der Waals surface area contributed by atoms with Crippen LogP contribution in [0.5, 0.6) is 0 Å². The Labute approximate surface area is 143 Å². The quantitative estimate of drug-likeness (QED) is 0.886. The van der Waals surface area contributed by atoms with Crippen molar-refractivity contribution in [3.63, 3.8) is 0 Å². The molecule has 1 aromatic carbocycles. The zero-order valence-corrected chi connectivity index (χ0v) is 14.3. The predicted octanol–water partition coefficient (Wildman–Crippen LogP) is 2.32. The molecule has 1 aliphatic rings. The molecule has 0 aliphatic carbocycles. The summed E-state index contributed by atoms with van der Waals surface area (Å²) < 4.78 is 1.77. The van der Waals surface area contributed by atoms with Crippen molar-refractivity contribution < 1.29 is 4.79 Å². The van der Waals surface area contributed by atoms with Gasteiger partial charge in [-0.2, -0.15) is 5.10 Å². The van der Waals surface area contributed by atoms with E-state index in [-0.39, 0.29) is 11.9 Å². The fraction of sp³-hybridized carbons (Fsp3) is 0.474. The van der Waals surface area contributed by atoms with Crippen LogP contribution in [-0.4, -0.2) is 47.3 Å². The van der Waals surface area contributed by atoms with E-state index in [1.165, 1.54) is 6.42 Å². The number of nitrogens with zero attached hydrogens (tertiary/aromatic N) is 3. The SMILES string of the molecule is CNCCC1CCN(C(=O)C(c2ccccc2)n2cccn2)CC1. The van der Waals surface area contributed by atoms with E-state index in [9.17, 15) is 4.79 Å². The Hall–Kier alpha value is -2.14. The fourth-order valence-corrected chi connectivity index (χ4v) is 3.44. The van der Waals surface area contributed by atoms with Crippen LogP contribution in [0, 0.1) is 5.92 Å². The van der Waals surface area contributed by atoms with Gasteiger partial charge in [0.15, 0.2) is 6.04 Å². The number of carbonyl (C=O) groups is 1. The van der Waals surface area contributed by atoms with Crippen molar-refractivity contribution in [2.75, 3.05) is 26.7 Å². The summed E-state index contributed by atoms with van der Waals surface area (Å²) in [7, 11) is 1.99. The van der Waals surface area contributed by atoms with Crippen molar-refractivity contribution in [3.05, 3.63) is 54.4 Å². The van der Waals surface area contributed by atoms with E-state index < -0.39 is 0 Å².